The van der Waals surface area contributed by atoms with Crippen molar-refractivity contribution in [1.29, 1.82) is 0 Å². The Labute approximate surface area is 226 Å². The Morgan fingerprint density at radius 2 is 1.77 bits per heavy atom. The molecular weight excluding hydrogens is 499 g/mol. The molecule has 10 nitrogen and oxygen atoms in total. The number of ether oxygens (including phenoxy) is 1. The van der Waals surface area contributed by atoms with Gasteiger partial charge in [-0.2, -0.15) is 0 Å². The summed E-state index contributed by atoms with van der Waals surface area (Å²) < 4.78 is 22.5. The van der Waals surface area contributed by atoms with E-state index in [2.05, 4.69) is 32.6 Å². The van der Waals surface area contributed by atoms with Gasteiger partial charge in [0.1, 0.15) is 29.7 Å². The zero-order valence-corrected chi connectivity index (χ0v) is 22.7. The van der Waals surface area contributed by atoms with Crippen molar-refractivity contribution in [3.63, 3.8) is 0 Å². The third-order valence-electron chi connectivity index (χ3n) is 5.82. The van der Waals surface area contributed by atoms with Gasteiger partial charge < -0.3 is 16.2 Å². The average Bonchev–Trinajstić information content (AvgIpc) is 3.40. The molecule has 0 saturated heterocycles. The number of nitrogens with two attached hydrogens (primary N) is 2. The minimum absolute atomic E-state index is 0.0377. The van der Waals surface area contributed by atoms with Crippen LogP contribution in [0.15, 0.2) is 66.0 Å². The van der Waals surface area contributed by atoms with Crippen molar-refractivity contribution in [2.45, 2.75) is 46.3 Å². The Balaban J connectivity index is 0.000000205. The molecule has 0 amide bonds. The quantitative estimate of drug-likeness (QED) is 0.313. The van der Waals surface area contributed by atoms with Gasteiger partial charge in [0.05, 0.1) is 22.9 Å². The van der Waals surface area contributed by atoms with Crippen molar-refractivity contribution >= 4 is 27.9 Å². The number of fused-ring (bicyclic) bond motifs is 2. The second-order valence-electron chi connectivity index (χ2n) is 8.30. The summed E-state index contributed by atoms with van der Waals surface area (Å²) in [4.78, 5) is 29.5. The Morgan fingerprint density at radius 1 is 1.03 bits per heavy atom. The normalized spacial score (nSPS) is 11.4. The largest absolute Gasteiger partial charge is 0.382 e. The molecular formula is C28H35FN8O2. The number of benzene rings is 2. The molecule has 0 saturated carbocycles. The molecule has 39 heavy (non-hydrogen) atoms. The molecule has 206 valence electrons. The fourth-order valence-corrected chi connectivity index (χ4v) is 4.11. The highest BCUT2D eigenvalue weighted by atomic mass is 19.1. The lowest BCUT2D eigenvalue weighted by atomic mass is 10.2. The number of aromatic nitrogens is 6. The number of halogens is 1. The molecule has 5 aromatic rings. The number of anilines is 1. The third kappa shape index (κ3) is 6.62. The van der Waals surface area contributed by atoms with Gasteiger partial charge in [-0.3, -0.25) is 13.9 Å². The van der Waals surface area contributed by atoms with E-state index in [-0.39, 0.29) is 11.8 Å². The molecule has 0 radical (unpaired) electrons. The van der Waals surface area contributed by atoms with E-state index >= 15 is 0 Å². The van der Waals surface area contributed by atoms with Gasteiger partial charge in [-0.25, -0.2) is 24.3 Å². The van der Waals surface area contributed by atoms with E-state index in [0.29, 0.717) is 41.1 Å². The second kappa shape index (κ2) is 14.1. The molecule has 5 rings (SSSR count). The van der Waals surface area contributed by atoms with Crippen molar-refractivity contribution in [3.05, 3.63) is 83.2 Å². The number of nitrogens with zero attached hydrogens (tertiary/aromatic N) is 6. The molecule has 2 aromatic carbocycles. The number of aryl methyl sites for hydroxylation is 1. The number of para-hydroxylation sites is 1. The van der Waals surface area contributed by atoms with Crippen molar-refractivity contribution in [3.8, 4) is 5.69 Å². The van der Waals surface area contributed by atoms with Crippen LogP contribution >= 0.6 is 0 Å². The van der Waals surface area contributed by atoms with Crippen LogP contribution in [0.25, 0.3) is 27.8 Å². The smallest absolute Gasteiger partial charge is 0.266 e. The van der Waals surface area contributed by atoms with E-state index < -0.39 is 5.82 Å². The highest BCUT2D eigenvalue weighted by molar-refractivity contribution is 5.81. The maximum absolute atomic E-state index is 13.4. The maximum Gasteiger partial charge on any atom is 0.266 e. The van der Waals surface area contributed by atoms with Gasteiger partial charge in [0.25, 0.3) is 5.56 Å². The number of imidazole rings is 1. The van der Waals surface area contributed by atoms with Gasteiger partial charge in [-0.15, -0.1) is 0 Å². The predicted molar refractivity (Wildman–Crippen MR) is 152 cm³/mol. The lowest BCUT2D eigenvalue weighted by Gasteiger charge is -2.17. The molecule has 0 aliphatic rings. The van der Waals surface area contributed by atoms with E-state index in [1.807, 2.05) is 48.7 Å². The number of rotatable bonds is 7. The minimum atomic E-state index is -0.430. The summed E-state index contributed by atoms with van der Waals surface area (Å²) in [5.41, 5.74) is 12.6. The highest BCUT2D eigenvalue weighted by Gasteiger charge is 2.16. The number of nitrogen functional groups attached to an aromatic ring is 1. The van der Waals surface area contributed by atoms with Crippen LogP contribution in [-0.2, 0) is 11.2 Å². The lowest BCUT2D eigenvalue weighted by Crippen LogP contribution is -2.23. The van der Waals surface area contributed by atoms with Gasteiger partial charge in [0, 0.05) is 13.0 Å². The zero-order valence-electron chi connectivity index (χ0n) is 22.7. The summed E-state index contributed by atoms with van der Waals surface area (Å²) in [7, 11) is 1.50. The Bertz CT molecular complexity index is 1550. The summed E-state index contributed by atoms with van der Waals surface area (Å²) in [6.07, 6.45) is 5.70. The van der Waals surface area contributed by atoms with Crippen LogP contribution in [0.2, 0.25) is 0 Å². The molecule has 0 spiro atoms. The van der Waals surface area contributed by atoms with Gasteiger partial charge in [0.2, 0.25) is 0 Å². The van der Waals surface area contributed by atoms with E-state index in [1.54, 1.807) is 17.0 Å². The van der Waals surface area contributed by atoms with Crippen LogP contribution in [0.1, 0.15) is 45.7 Å². The molecule has 0 bridgehead atoms. The summed E-state index contributed by atoms with van der Waals surface area (Å²) in [5, 5.41) is 0.297. The molecule has 11 heteroatoms. The fourth-order valence-electron chi connectivity index (χ4n) is 4.11. The van der Waals surface area contributed by atoms with Crippen LogP contribution < -0.4 is 17.0 Å². The van der Waals surface area contributed by atoms with Gasteiger partial charge >= 0.3 is 0 Å². The van der Waals surface area contributed by atoms with E-state index in [9.17, 15) is 9.18 Å². The van der Waals surface area contributed by atoms with Gasteiger partial charge in [0.15, 0.2) is 11.5 Å². The third-order valence-corrected chi connectivity index (χ3v) is 5.82. The predicted octanol–water partition coefficient (Wildman–Crippen LogP) is 4.41. The van der Waals surface area contributed by atoms with Gasteiger partial charge in [-0.05, 0) is 50.7 Å². The Kier molecular flexibility index (Phi) is 10.6. The first kappa shape index (κ1) is 29.3. The molecule has 0 fully saturated rings. The topological polar surface area (TPSA) is 140 Å². The van der Waals surface area contributed by atoms with Gasteiger partial charge in [-0.1, -0.05) is 38.5 Å². The fraction of sp³-hybridized carbons (Fsp3) is 0.321. The monoisotopic (exact) mass is 534 g/mol. The summed E-state index contributed by atoms with van der Waals surface area (Å²) in [6.45, 7) is 6.70. The molecule has 1 atom stereocenters. The van der Waals surface area contributed by atoms with Crippen LogP contribution in [0.3, 0.4) is 0 Å². The minimum Gasteiger partial charge on any atom is -0.382 e. The lowest BCUT2D eigenvalue weighted by molar-refractivity contribution is 0.00611. The van der Waals surface area contributed by atoms with Crippen LogP contribution in [0.4, 0.5) is 10.2 Å². The first-order chi connectivity index (χ1) is 19.0. The van der Waals surface area contributed by atoms with Crippen molar-refractivity contribution < 1.29 is 9.13 Å². The number of hydrogen-bond acceptors (Lipinski definition) is 8. The summed E-state index contributed by atoms with van der Waals surface area (Å²) >= 11 is 0. The highest BCUT2D eigenvalue weighted by Crippen LogP contribution is 2.22. The number of hydrogen-bond donors (Lipinski definition) is 2. The van der Waals surface area contributed by atoms with Crippen molar-refractivity contribution in [2.75, 3.05) is 19.4 Å². The second-order valence-corrected chi connectivity index (χ2v) is 8.30. The maximum atomic E-state index is 13.4. The van der Waals surface area contributed by atoms with Crippen LogP contribution in [0.5, 0.6) is 0 Å². The molecule has 4 N–H and O–H groups in total. The molecule has 0 aliphatic carbocycles. The molecule has 1 unspecified atom stereocenters. The molecule has 0 aliphatic heterocycles. The zero-order chi connectivity index (χ0) is 28.4. The van der Waals surface area contributed by atoms with E-state index in [4.69, 9.17) is 10.5 Å². The summed E-state index contributed by atoms with van der Waals surface area (Å²) in [6, 6.07) is 13.4. The van der Waals surface area contributed by atoms with E-state index in [1.165, 1.54) is 25.5 Å². The summed E-state index contributed by atoms with van der Waals surface area (Å²) in [5.74, 6) is 0.640. The van der Waals surface area contributed by atoms with E-state index in [0.717, 1.165) is 24.2 Å². The molecule has 3 heterocycles. The average molecular weight is 535 g/mol. The van der Waals surface area contributed by atoms with Crippen molar-refractivity contribution in [1.82, 2.24) is 29.1 Å². The SMILES string of the molecule is CCCC(OCC)n1cnc2c(N)ncnc21.CCc1nc2ccc(F)cc2c(=O)n1-c1ccccc1.CN. The first-order valence-electron chi connectivity index (χ1n) is 12.9. The molecule has 3 aromatic heterocycles. The Hall–Kier alpha value is -4.22. The Morgan fingerprint density at radius 3 is 2.44 bits per heavy atom. The standard InChI is InChI=1S/C16H13FN2O.C11H17N5O.CH5N/c1-2-15-18-14-9-8-11(17)10-13(14)16(20)19(15)12-6-4-3-5-7-12;1-3-5-8(17-4-2)16-7-15-9-10(12)13-6-14-11(9)16;1-2/h3-10H,2H2,1H3;6-8H,3-5H2,1-2H3,(H2,12,13,14);2H2,1H3. The van der Waals surface area contributed by atoms with Crippen molar-refractivity contribution in [2.24, 2.45) is 5.73 Å². The van der Waals surface area contributed by atoms with Crippen LogP contribution in [-0.4, -0.2) is 42.7 Å². The van der Waals surface area contributed by atoms with Crippen LogP contribution in [0, 0.1) is 5.82 Å². The first-order valence-corrected chi connectivity index (χ1v) is 12.9.